The summed E-state index contributed by atoms with van der Waals surface area (Å²) in [6.07, 6.45) is 2.82. The van der Waals surface area contributed by atoms with E-state index in [0.29, 0.717) is 5.41 Å². The molecule has 0 radical (unpaired) electrons. The highest BCUT2D eigenvalue weighted by Crippen LogP contribution is 2.53. The van der Waals surface area contributed by atoms with Gasteiger partial charge in [0.25, 0.3) is 0 Å². The van der Waals surface area contributed by atoms with E-state index >= 15 is 0 Å². The molecule has 2 aliphatic rings. The van der Waals surface area contributed by atoms with Crippen molar-refractivity contribution in [3.63, 3.8) is 0 Å². The van der Waals surface area contributed by atoms with Crippen LogP contribution in [0, 0.1) is 12.8 Å². The Morgan fingerprint density at radius 1 is 1.27 bits per heavy atom. The van der Waals surface area contributed by atoms with Gasteiger partial charge in [0.1, 0.15) is 0 Å². The van der Waals surface area contributed by atoms with Gasteiger partial charge < -0.3 is 4.90 Å². The summed E-state index contributed by atoms with van der Waals surface area (Å²) >= 11 is 0. The second-order valence-corrected chi connectivity index (χ2v) is 5.45. The second kappa shape index (κ2) is 3.08. The molecule has 1 aromatic rings. The van der Waals surface area contributed by atoms with Gasteiger partial charge in [0.15, 0.2) is 0 Å². The summed E-state index contributed by atoms with van der Waals surface area (Å²) in [4.78, 5) is 2.50. The summed E-state index contributed by atoms with van der Waals surface area (Å²) in [6.45, 7) is 4.73. The van der Waals surface area contributed by atoms with E-state index < -0.39 is 0 Å². The minimum atomic E-state index is 0.516. The van der Waals surface area contributed by atoms with Crippen molar-refractivity contribution >= 4 is 0 Å². The maximum Gasteiger partial charge on any atom is 0.0121 e. The quantitative estimate of drug-likeness (QED) is 0.675. The third-order valence-electron chi connectivity index (χ3n) is 4.43. The Balaban J connectivity index is 1.96. The van der Waals surface area contributed by atoms with Crippen molar-refractivity contribution in [2.24, 2.45) is 5.92 Å². The van der Waals surface area contributed by atoms with Gasteiger partial charge in [0.05, 0.1) is 0 Å². The number of likely N-dealkylation sites (N-methyl/N-ethyl adjacent to an activating group) is 1. The molecule has 80 valence electrons. The van der Waals surface area contributed by atoms with E-state index in [9.17, 15) is 0 Å². The monoisotopic (exact) mass is 201 g/mol. The van der Waals surface area contributed by atoms with E-state index in [4.69, 9.17) is 0 Å². The van der Waals surface area contributed by atoms with Gasteiger partial charge in [-0.3, -0.25) is 0 Å². The van der Waals surface area contributed by atoms with E-state index in [-0.39, 0.29) is 0 Å². The van der Waals surface area contributed by atoms with Crippen molar-refractivity contribution in [1.29, 1.82) is 0 Å². The van der Waals surface area contributed by atoms with Gasteiger partial charge in [0, 0.05) is 18.5 Å². The molecule has 0 spiro atoms. The SMILES string of the molecule is Cc1ccc(C23CCC2CN(C)C3)cc1. The summed E-state index contributed by atoms with van der Waals surface area (Å²) in [7, 11) is 2.26. The summed E-state index contributed by atoms with van der Waals surface area (Å²) in [5.41, 5.74) is 3.47. The van der Waals surface area contributed by atoms with Crippen LogP contribution in [0.5, 0.6) is 0 Å². The molecule has 1 aromatic carbocycles. The fourth-order valence-corrected chi connectivity index (χ4v) is 3.45. The molecule has 1 heterocycles. The first kappa shape index (κ1) is 9.41. The summed E-state index contributed by atoms with van der Waals surface area (Å²) < 4.78 is 0. The number of nitrogens with zero attached hydrogens (tertiary/aromatic N) is 1. The Bertz CT molecular complexity index is 367. The zero-order chi connectivity index (χ0) is 10.5. The highest BCUT2D eigenvalue weighted by molar-refractivity contribution is 5.34. The largest absolute Gasteiger partial charge is 0.305 e. The maximum atomic E-state index is 2.50. The Kier molecular flexibility index (Phi) is 1.93. The van der Waals surface area contributed by atoms with Crippen LogP contribution < -0.4 is 0 Å². The zero-order valence-corrected chi connectivity index (χ0v) is 9.66. The Morgan fingerprint density at radius 2 is 2.00 bits per heavy atom. The van der Waals surface area contributed by atoms with Gasteiger partial charge in [-0.05, 0) is 38.3 Å². The van der Waals surface area contributed by atoms with Crippen molar-refractivity contribution in [2.75, 3.05) is 20.1 Å². The molecule has 2 unspecified atom stereocenters. The molecule has 1 saturated carbocycles. The third kappa shape index (κ3) is 1.26. The van der Waals surface area contributed by atoms with E-state index in [1.807, 2.05) is 0 Å². The van der Waals surface area contributed by atoms with E-state index in [0.717, 1.165) is 5.92 Å². The molecule has 1 aliphatic heterocycles. The molecule has 0 amide bonds. The number of rotatable bonds is 1. The molecule has 2 fully saturated rings. The van der Waals surface area contributed by atoms with Gasteiger partial charge in [-0.2, -0.15) is 0 Å². The molecule has 2 atom stereocenters. The van der Waals surface area contributed by atoms with Crippen molar-refractivity contribution in [3.05, 3.63) is 35.4 Å². The van der Waals surface area contributed by atoms with Crippen LogP contribution in [0.2, 0.25) is 0 Å². The molecule has 1 saturated heterocycles. The summed E-state index contributed by atoms with van der Waals surface area (Å²) in [5, 5.41) is 0. The van der Waals surface area contributed by atoms with Gasteiger partial charge >= 0.3 is 0 Å². The standard InChI is InChI=1S/C14H19N/c1-11-3-5-12(6-4-11)14-8-7-13(14)9-15(2)10-14/h3-6,13H,7-10H2,1-2H3. The van der Waals surface area contributed by atoms with Crippen molar-refractivity contribution < 1.29 is 0 Å². The predicted octanol–water partition coefficient (Wildman–Crippen LogP) is 2.59. The van der Waals surface area contributed by atoms with Gasteiger partial charge in [-0.25, -0.2) is 0 Å². The van der Waals surface area contributed by atoms with Crippen LogP contribution in [-0.2, 0) is 5.41 Å². The minimum Gasteiger partial charge on any atom is -0.305 e. The van der Waals surface area contributed by atoms with Crippen LogP contribution in [0.25, 0.3) is 0 Å². The lowest BCUT2D eigenvalue weighted by molar-refractivity contribution is 0.182. The fraction of sp³-hybridized carbons (Fsp3) is 0.571. The molecule has 0 aromatic heterocycles. The first-order chi connectivity index (χ1) is 7.21. The van der Waals surface area contributed by atoms with E-state index in [1.165, 1.54) is 31.5 Å². The Morgan fingerprint density at radius 3 is 2.53 bits per heavy atom. The van der Waals surface area contributed by atoms with E-state index in [1.54, 1.807) is 5.56 Å². The highest BCUT2D eigenvalue weighted by Gasteiger charge is 2.52. The van der Waals surface area contributed by atoms with Crippen molar-refractivity contribution in [2.45, 2.75) is 25.2 Å². The lowest BCUT2D eigenvalue weighted by atomic mass is 9.58. The van der Waals surface area contributed by atoms with Gasteiger partial charge in [-0.1, -0.05) is 29.8 Å². The number of hydrogen-bond donors (Lipinski definition) is 0. The first-order valence-electron chi connectivity index (χ1n) is 5.96. The Hall–Kier alpha value is -0.820. The average Bonchev–Trinajstić information content (AvgIpc) is 2.43. The molecule has 3 rings (SSSR count). The molecule has 1 heteroatoms. The topological polar surface area (TPSA) is 3.24 Å². The van der Waals surface area contributed by atoms with Crippen LogP contribution in [0.4, 0.5) is 0 Å². The smallest absolute Gasteiger partial charge is 0.0121 e. The van der Waals surface area contributed by atoms with Gasteiger partial charge in [-0.15, -0.1) is 0 Å². The number of likely N-dealkylation sites (tertiary alicyclic amines) is 1. The van der Waals surface area contributed by atoms with Crippen molar-refractivity contribution in [1.82, 2.24) is 4.90 Å². The lowest BCUT2D eigenvalue weighted by Crippen LogP contribution is -2.43. The van der Waals surface area contributed by atoms with Crippen LogP contribution in [0.15, 0.2) is 24.3 Å². The van der Waals surface area contributed by atoms with E-state index in [2.05, 4.69) is 43.1 Å². The molecular formula is C14H19N. The average molecular weight is 201 g/mol. The Labute approximate surface area is 92.1 Å². The second-order valence-electron chi connectivity index (χ2n) is 5.45. The number of hydrogen-bond acceptors (Lipinski definition) is 1. The van der Waals surface area contributed by atoms with Crippen molar-refractivity contribution in [3.8, 4) is 0 Å². The zero-order valence-electron chi connectivity index (χ0n) is 9.66. The van der Waals surface area contributed by atoms with Crippen LogP contribution in [0.1, 0.15) is 24.0 Å². The molecule has 0 N–H and O–H groups in total. The maximum absolute atomic E-state index is 2.50. The molecule has 15 heavy (non-hydrogen) atoms. The van der Waals surface area contributed by atoms with Crippen LogP contribution >= 0.6 is 0 Å². The summed E-state index contributed by atoms with van der Waals surface area (Å²) in [5.74, 6) is 0.921. The normalized spacial score (nSPS) is 34.9. The van der Waals surface area contributed by atoms with Crippen LogP contribution in [0.3, 0.4) is 0 Å². The minimum absolute atomic E-state index is 0.516. The van der Waals surface area contributed by atoms with Gasteiger partial charge in [0.2, 0.25) is 0 Å². The third-order valence-corrected chi connectivity index (χ3v) is 4.43. The summed E-state index contributed by atoms with van der Waals surface area (Å²) in [6, 6.07) is 9.22. The molecule has 0 bridgehead atoms. The fourth-order valence-electron chi connectivity index (χ4n) is 3.45. The molecule has 1 aliphatic carbocycles. The lowest BCUT2D eigenvalue weighted by Gasteiger charge is -2.45. The molecular weight excluding hydrogens is 182 g/mol. The first-order valence-corrected chi connectivity index (χ1v) is 5.96. The predicted molar refractivity (Wildman–Crippen MR) is 63.1 cm³/mol. The number of fused-ring (bicyclic) bond motifs is 1. The number of aryl methyl sites for hydroxylation is 1. The number of benzene rings is 1. The van der Waals surface area contributed by atoms with Crippen LogP contribution in [-0.4, -0.2) is 25.0 Å². The molecule has 1 nitrogen and oxygen atoms in total. The highest BCUT2D eigenvalue weighted by atomic mass is 15.1.